The van der Waals surface area contributed by atoms with Gasteiger partial charge in [-0.05, 0) is 13.0 Å². The number of rotatable bonds is 2. The molecule has 2 rings (SSSR count). The molecule has 90 valence electrons. The summed E-state index contributed by atoms with van der Waals surface area (Å²) in [6.07, 6.45) is -2.78. The number of alkyl halides is 2. The summed E-state index contributed by atoms with van der Waals surface area (Å²) in [4.78, 5) is 22.8. The fourth-order valence-corrected chi connectivity index (χ4v) is 2.05. The Morgan fingerprint density at radius 2 is 2.00 bits per heavy atom. The van der Waals surface area contributed by atoms with E-state index in [-0.39, 0.29) is 11.3 Å². The van der Waals surface area contributed by atoms with E-state index in [1.54, 1.807) is 12.1 Å². The van der Waals surface area contributed by atoms with E-state index in [0.29, 0.717) is 0 Å². The lowest BCUT2D eigenvalue weighted by atomic mass is 9.81. The van der Waals surface area contributed by atoms with Crippen LogP contribution in [-0.2, 0) is 9.59 Å². The molecule has 0 fully saturated rings. The van der Waals surface area contributed by atoms with Gasteiger partial charge < -0.3 is 4.74 Å². The van der Waals surface area contributed by atoms with Crippen molar-refractivity contribution in [1.82, 2.24) is 0 Å². The zero-order chi connectivity index (χ0) is 12.6. The molecule has 0 aliphatic carbocycles. The van der Waals surface area contributed by atoms with Gasteiger partial charge in [0.05, 0.1) is 5.92 Å². The molecule has 1 aliphatic rings. The molecule has 17 heavy (non-hydrogen) atoms. The molecular formula is C12H10F2O3. The van der Waals surface area contributed by atoms with Gasteiger partial charge in [0.2, 0.25) is 6.43 Å². The minimum atomic E-state index is -2.78. The summed E-state index contributed by atoms with van der Waals surface area (Å²) in [7, 11) is 0. The smallest absolute Gasteiger partial charge is 0.322 e. The summed E-state index contributed by atoms with van der Waals surface area (Å²) in [5, 5.41) is 0. The third-order valence-corrected chi connectivity index (χ3v) is 2.81. The molecule has 0 saturated carbocycles. The maximum Gasteiger partial charge on any atom is 0.322 e. The molecule has 1 aromatic carbocycles. The van der Waals surface area contributed by atoms with Gasteiger partial charge in [-0.3, -0.25) is 9.59 Å². The minimum Gasteiger partial charge on any atom is -0.426 e. The number of para-hydroxylation sites is 1. The molecule has 5 heteroatoms. The summed E-state index contributed by atoms with van der Waals surface area (Å²) in [5.41, 5.74) is 0.210. The molecular weight excluding hydrogens is 230 g/mol. The van der Waals surface area contributed by atoms with Crippen LogP contribution in [0.1, 0.15) is 18.4 Å². The van der Waals surface area contributed by atoms with E-state index in [1.807, 2.05) is 0 Å². The van der Waals surface area contributed by atoms with E-state index >= 15 is 0 Å². The largest absolute Gasteiger partial charge is 0.426 e. The fraction of sp³-hybridized carbons (Fsp3) is 0.333. The first kappa shape index (κ1) is 11.7. The third kappa shape index (κ3) is 1.92. The molecule has 2 unspecified atom stereocenters. The van der Waals surface area contributed by atoms with Crippen LogP contribution in [0.2, 0.25) is 0 Å². The second kappa shape index (κ2) is 4.24. The highest BCUT2D eigenvalue weighted by Crippen LogP contribution is 2.41. The van der Waals surface area contributed by atoms with E-state index in [2.05, 4.69) is 0 Å². The van der Waals surface area contributed by atoms with Crippen molar-refractivity contribution >= 4 is 11.8 Å². The first-order chi connectivity index (χ1) is 8.02. The number of hydrogen-bond acceptors (Lipinski definition) is 3. The summed E-state index contributed by atoms with van der Waals surface area (Å²) >= 11 is 0. The Bertz CT molecular complexity index is 471. The second-order valence-electron chi connectivity index (χ2n) is 3.91. The Morgan fingerprint density at radius 3 is 2.59 bits per heavy atom. The molecule has 3 nitrogen and oxygen atoms in total. The number of hydrogen-bond donors (Lipinski definition) is 0. The van der Waals surface area contributed by atoms with Gasteiger partial charge >= 0.3 is 5.97 Å². The summed E-state index contributed by atoms with van der Waals surface area (Å²) in [6, 6.07) is 6.06. The van der Waals surface area contributed by atoms with Crippen molar-refractivity contribution in [3.63, 3.8) is 0 Å². The summed E-state index contributed by atoms with van der Waals surface area (Å²) in [6.45, 7) is 1.12. The Labute approximate surface area is 96.4 Å². The van der Waals surface area contributed by atoms with Crippen molar-refractivity contribution in [3.05, 3.63) is 29.8 Å². The molecule has 0 N–H and O–H groups in total. The van der Waals surface area contributed by atoms with Crippen molar-refractivity contribution in [1.29, 1.82) is 0 Å². The number of fused-ring (bicyclic) bond motifs is 1. The van der Waals surface area contributed by atoms with Crippen molar-refractivity contribution in [2.75, 3.05) is 0 Å². The molecule has 0 spiro atoms. The van der Waals surface area contributed by atoms with Crippen LogP contribution in [0.15, 0.2) is 24.3 Å². The van der Waals surface area contributed by atoms with Crippen LogP contribution >= 0.6 is 0 Å². The Morgan fingerprint density at radius 1 is 1.35 bits per heavy atom. The first-order valence-corrected chi connectivity index (χ1v) is 5.11. The monoisotopic (exact) mass is 240 g/mol. The number of ketones is 1. The van der Waals surface area contributed by atoms with Gasteiger partial charge in [0.1, 0.15) is 17.5 Å². The summed E-state index contributed by atoms with van der Waals surface area (Å²) < 4.78 is 30.9. The molecule has 1 aromatic rings. The number of carbonyl (C=O) groups is 2. The van der Waals surface area contributed by atoms with E-state index < -0.39 is 30.0 Å². The Kier molecular flexibility index (Phi) is 2.92. The van der Waals surface area contributed by atoms with E-state index in [4.69, 9.17) is 4.74 Å². The third-order valence-electron chi connectivity index (χ3n) is 2.81. The number of carbonyl (C=O) groups excluding carboxylic acids is 2. The number of benzene rings is 1. The standard InChI is InChI=1S/C12H10F2O3/c1-6(15)9-10(11(13)14)7-4-2-3-5-8(7)17-12(9)16/h2-5,9-11H,1H3. The highest BCUT2D eigenvalue weighted by Gasteiger charge is 2.45. The average molecular weight is 240 g/mol. The van der Waals surface area contributed by atoms with Gasteiger partial charge in [-0.1, -0.05) is 18.2 Å². The SMILES string of the molecule is CC(=O)C1C(=O)Oc2ccccc2C1C(F)F. The molecule has 2 atom stereocenters. The molecule has 1 aliphatic heterocycles. The van der Waals surface area contributed by atoms with E-state index in [1.165, 1.54) is 12.1 Å². The van der Waals surface area contributed by atoms with E-state index in [9.17, 15) is 18.4 Å². The zero-order valence-corrected chi connectivity index (χ0v) is 9.02. The van der Waals surface area contributed by atoms with Crippen molar-refractivity contribution in [3.8, 4) is 5.75 Å². The second-order valence-corrected chi connectivity index (χ2v) is 3.91. The minimum absolute atomic E-state index is 0.111. The molecule has 0 amide bonds. The molecule has 0 saturated heterocycles. The molecule has 1 heterocycles. The lowest BCUT2D eigenvalue weighted by molar-refractivity contribution is -0.148. The van der Waals surface area contributed by atoms with Gasteiger partial charge in [0, 0.05) is 5.56 Å². The first-order valence-electron chi connectivity index (χ1n) is 5.11. The highest BCUT2D eigenvalue weighted by molar-refractivity contribution is 6.00. The van der Waals surface area contributed by atoms with Gasteiger partial charge in [0.15, 0.2) is 0 Å². The van der Waals surface area contributed by atoms with Crippen molar-refractivity contribution in [2.45, 2.75) is 19.3 Å². The Balaban J connectivity index is 2.54. The van der Waals surface area contributed by atoms with Crippen LogP contribution in [-0.4, -0.2) is 18.2 Å². The average Bonchev–Trinajstić information content (AvgIpc) is 2.26. The predicted molar refractivity (Wildman–Crippen MR) is 55.0 cm³/mol. The van der Waals surface area contributed by atoms with Crippen molar-refractivity contribution in [2.24, 2.45) is 5.92 Å². The van der Waals surface area contributed by atoms with Gasteiger partial charge in [-0.25, -0.2) is 8.78 Å². The zero-order valence-electron chi connectivity index (χ0n) is 9.02. The maximum atomic E-state index is 13.0. The number of ether oxygens (including phenoxy) is 1. The highest BCUT2D eigenvalue weighted by atomic mass is 19.3. The van der Waals surface area contributed by atoms with E-state index in [0.717, 1.165) is 6.92 Å². The quantitative estimate of drug-likeness (QED) is 0.452. The number of halogens is 2. The topological polar surface area (TPSA) is 43.4 Å². The number of Topliss-reactive ketones (excluding diaryl/α,β-unsaturated/α-hetero) is 1. The van der Waals surface area contributed by atoms with Gasteiger partial charge in [-0.15, -0.1) is 0 Å². The Hall–Kier alpha value is -1.78. The van der Waals surface area contributed by atoms with Crippen LogP contribution < -0.4 is 4.74 Å². The summed E-state index contributed by atoms with van der Waals surface area (Å²) in [5.74, 6) is -4.22. The lowest BCUT2D eigenvalue weighted by Gasteiger charge is -2.29. The fourth-order valence-electron chi connectivity index (χ4n) is 2.05. The molecule has 0 aromatic heterocycles. The predicted octanol–water partition coefficient (Wildman–Crippen LogP) is 2.16. The van der Waals surface area contributed by atoms with Crippen LogP contribution in [0.25, 0.3) is 0 Å². The van der Waals surface area contributed by atoms with Gasteiger partial charge in [0.25, 0.3) is 0 Å². The molecule has 0 bridgehead atoms. The lowest BCUT2D eigenvalue weighted by Crippen LogP contribution is -2.39. The van der Waals surface area contributed by atoms with Crippen LogP contribution in [0, 0.1) is 5.92 Å². The molecule has 0 radical (unpaired) electrons. The van der Waals surface area contributed by atoms with Crippen LogP contribution in [0.4, 0.5) is 8.78 Å². The number of esters is 1. The van der Waals surface area contributed by atoms with Crippen molar-refractivity contribution < 1.29 is 23.1 Å². The van der Waals surface area contributed by atoms with Crippen LogP contribution in [0.5, 0.6) is 5.75 Å². The van der Waals surface area contributed by atoms with Crippen LogP contribution in [0.3, 0.4) is 0 Å². The van der Waals surface area contributed by atoms with Gasteiger partial charge in [-0.2, -0.15) is 0 Å². The maximum absolute atomic E-state index is 13.0. The normalized spacial score (nSPS) is 23.2.